The normalized spacial score (nSPS) is 15.1. The Kier molecular flexibility index (Phi) is 7.28. The number of rotatable bonds is 6. The lowest BCUT2D eigenvalue weighted by molar-refractivity contribution is -0.115. The summed E-state index contributed by atoms with van der Waals surface area (Å²) in [4.78, 5) is 12.4. The van der Waals surface area contributed by atoms with E-state index in [4.69, 9.17) is 44.9 Å². The summed E-state index contributed by atoms with van der Waals surface area (Å²) in [6.07, 6.45) is 1.76. The Balaban J connectivity index is 1.86. The van der Waals surface area contributed by atoms with E-state index in [9.17, 15) is 4.79 Å². The lowest BCUT2D eigenvalue weighted by Gasteiger charge is -2.15. The van der Waals surface area contributed by atoms with Gasteiger partial charge in [0.05, 0.1) is 26.0 Å². The van der Waals surface area contributed by atoms with E-state index in [2.05, 4.69) is 21.2 Å². The molecule has 2 aromatic carbocycles. The first-order valence-corrected chi connectivity index (χ1v) is 10.9. The van der Waals surface area contributed by atoms with E-state index in [0.29, 0.717) is 48.5 Å². The summed E-state index contributed by atoms with van der Waals surface area (Å²) < 4.78 is 12.9. The summed E-state index contributed by atoms with van der Waals surface area (Å²) in [6.45, 7) is 2.65. The van der Waals surface area contributed by atoms with Gasteiger partial charge in [-0.05, 0) is 64.3 Å². The van der Waals surface area contributed by atoms with Gasteiger partial charge in [-0.2, -0.15) is 0 Å². The van der Waals surface area contributed by atoms with Crippen molar-refractivity contribution in [2.75, 3.05) is 6.61 Å². The predicted molar refractivity (Wildman–Crippen MR) is 122 cm³/mol. The maximum Gasteiger partial charge on any atom is 0.263 e. The highest BCUT2D eigenvalue weighted by molar-refractivity contribution is 9.10. The first kappa shape index (κ1) is 21.5. The predicted octanol–water partition coefficient (Wildman–Crippen LogP) is 6.22. The number of thioether (sulfide) groups is 1. The number of carbonyl (C=O) groups excluding carboxylic acids is 1. The summed E-state index contributed by atoms with van der Waals surface area (Å²) in [7, 11) is 0. The number of thiocarbonyl (C=S) groups is 1. The molecule has 0 radical (unpaired) electrons. The molecular formula is C19H14BrCl2NO3S2. The molecule has 1 saturated heterocycles. The summed E-state index contributed by atoms with van der Waals surface area (Å²) in [5, 5.41) is 3.56. The summed E-state index contributed by atoms with van der Waals surface area (Å²) in [5.74, 6) is 0.924. The Hall–Kier alpha value is -1.25. The quantitative estimate of drug-likeness (QED) is 0.363. The van der Waals surface area contributed by atoms with Gasteiger partial charge in [-0.25, -0.2) is 0 Å². The van der Waals surface area contributed by atoms with Crippen LogP contribution in [-0.2, 0) is 11.4 Å². The second-order valence-electron chi connectivity index (χ2n) is 5.65. The van der Waals surface area contributed by atoms with Crippen molar-refractivity contribution in [1.82, 2.24) is 5.32 Å². The number of amides is 1. The molecule has 9 heteroatoms. The molecule has 4 nitrogen and oxygen atoms in total. The fourth-order valence-corrected chi connectivity index (χ4v) is 4.37. The third-order valence-corrected chi connectivity index (χ3v) is 6.13. The third-order valence-electron chi connectivity index (χ3n) is 3.64. The van der Waals surface area contributed by atoms with Crippen LogP contribution in [0.2, 0.25) is 10.0 Å². The summed E-state index contributed by atoms with van der Waals surface area (Å²) >= 11 is 21.8. The van der Waals surface area contributed by atoms with E-state index < -0.39 is 0 Å². The van der Waals surface area contributed by atoms with Crippen molar-refractivity contribution >= 4 is 79.4 Å². The maximum absolute atomic E-state index is 11.9. The molecule has 1 aliphatic heterocycles. The highest BCUT2D eigenvalue weighted by atomic mass is 79.9. The van der Waals surface area contributed by atoms with Crippen LogP contribution in [0.1, 0.15) is 18.1 Å². The van der Waals surface area contributed by atoms with Gasteiger partial charge in [0.1, 0.15) is 10.9 Å². The fraction of sp³-hybridized carbons (Fsp3) is 0.158. The van der Waals surface area contributed by atoms with Gasteiger partial charge < -0.3 is 14.8 Å². The smallest absolute Gasteiger partial charge is 0.263 e. The van der Waals surface area contributed by atoms with Gasteiger partial charge in [-0.15, -0.1) is 0 Å². The Labute approximate surface area is 190 Å². The summed E-state index contributed by atoms with van der Waals surface area (Å²) in [5.41, 5.74) is 1.67. The van der Waals surface area contributed by atoms with Gasteiger partial charge in [0.15, 0.2) is 11.5 Å². The first-order valence-electron chi connectivity index (χ1n) is 8.15. The molecule has 0 aromatic heterocycles. The van der Waals surface area contributed by atoms with Crippen molar-refractivity contribution in [2.45, 2.75) is 13.5 Å². The van der Waals surface area contributed by atoms with Gasteiger partial charge in [0, 0.05) is 0 Å². The second-order valence-corrected chi connectivity index (χ2v) is 9.04. The van der Waals surface area contributed by atoms with E-state index >= 15 is 0 Å². The zero-order valence-electron chi connectivity index (χ0n) is 14.6. The van der Waals surface area contributed by atoms with Crippen LogP contribution >= 0.6 is 63.1 Å². The average Bonchev–Trinajstić information content (AvgIpc) is 2.94. The molecule has 2 aromatic rings. The molecule has 0 atom stereocenters. The van der Waals surface area contributed by atoms with Crippen molar-refractivity contribution in [2.24, 2.45) is 0 Å². The first-order chi connectivity index (χ1) is 13.4. The van der Waals surface area contributed by atoms with Crippen LogP contribution in [0.5, 0.6) is 11.5 Å². The molecule has 146 valence electrons. The molecule has 1 heterocycles. The SMILES string of the molecule is CCOc1cc(/C=C2\SC(=S)NC2=O)cc(Br)c1OCc1ccc(Cl)c(Cl)c1. The van der Waals surface area contributed by atoms with E-state index in [1.54, 1.807) is 18.2 Å². The fourth-order valence-electron chi connectivity index (χ4n) is 2.43. The van der Waals surface area contributed by atoms with E-state index in [-0.39, 0.29) is 5.91 Å². The zero-order valence-corrected chi connectivity index (χ0v) is 19.3. The number of hydrogen-bond donors (Lipinski definition) is 1. The number of carbonyl (C=O) groups is 1. The minimum atomic E-state index is -0.205. The number of benzene rings is 2. The Morgan fingerprint density at radius 2 is 2.00 bits per heavy atom. The van der Waals surface area contributed by atoms with Gasteiger partial charge in [0.2, 0.25) is 0 Å². The lowest BCUT2D eigenvalue weighted by Crippen LogP contribution is -2.17. The molecule has 1 N–H and O–H groups in total. The molecule has 0 bridgehead atoms. The van der Waals surface area contributed by atoms with E-state index in [0.717, 1.165) is 11.1 Å². The number of nitrogens with one attached hydrogen (secondary N) is 1. The van der Waals surface area contributed by atoms with Crippen molar-refractivity contribution in [3.63, 3.8) is 0 Å². The van der Waals surface area contributed by atoms with E-state index in [1.165, 1.54) is 11.8 Å². The van der Waals surface area contributed by atoms with Crippen LogP contribution in [0, 0.1) is 0 Å². The second kappa shape index (κ2) is 9.50. The van der Waals surface area contributed by atoms with Gasteiger partial charge >= 0.3 is 0 Å². The van der Waals surface area contributed by atoms with Crippen LogP contribution < -0.4 is 14.8 Å². The Morgan fingerprint density at radius 1 is 1.21 bits per heavy atom. The monoisotopic (exact) mass is 517 g/mol. The molecule has 1 amide bonds. The Bertz CT molecular complexity index is 982. The standard InChI is InChI=1S/C19H14BrCl2NO3S2/c1-2-25-15-7-11(8-16-18(24)23-19(27)28-16)5-12(20)17(15)26-9-10-3-4-13(21)14(22)6-10/h3-8H,2,9H2,1H3,(H,23,24,27)/b16-8-. The largest absolute Gasteiger partial charge is 0.490 e. The van der Waals surface area contributed by atoms with Crippen molar-refractivity contribution in [1.29, 1.82) is 0 Å². The number of ether oxygens (including phenoxy) is 2. The Morgan fingerprint density at radius 3 is 2.64 bits per heavy atom. The van der Waals surface area contributed by atoms with Gasteiger partial charge in [-0.1, -0.05) is 53.2 Å². The minimum absolute atomic E-state index is 0.205. The van der Waals surface area contributed by atoms with Gasteiger partial charge in [-0.3, -0.25) is 4.79 Å². The average molecular weight is 519 g/mol. The highest BCUT2D eigenvalue weighted by Crippen LogP contribution is 2.39. The molecule has 0 aliphatic carbocycles. The lowest BCUT2D eigenvalue weighted by atomic mass is 10.1. The van der Waals surface area contributed by atoms with Crippen LogP contribution in [0.25, 0.3) is 6.08 Å². The zero-order chi connectivity index (χ0) is 20.3. The molecule has 28 heavy (non-hydrogen) atoms. The molecule has 3 rings (SSSR count). The van der Waals surface area contributed by atoms with Crippen molar-refractivity contribution in [3.8, 4) is 11.5 Å². The molecule has 0 spiro atoms. The van der Waals surface area contributed by atoms with E-state index in [1.807, 2.05) is 25.1 Å². The van der Waals surface area contributed by atoms with Crippen molar-refractivity contribution < 1.29 is 14.3 Å². The topological polar surface area (TPSA) is 47.6 Å². The summed E-state index contributed by atoms with van der Waals surface area (Å²) in [6, 6.07) is 9.01. The third kappa shape index (κ3) is 5.21. The van der Waals surface area contributed by atoms with Crippen LogP contribution in [0.4, 0.5) is 0 Å². The van der Waals surface area contributed by atoms with Crippen LogP contribution in [0.3, 0.4) is 0 Å². The minimum Gasteiger partial charge on any atom is -0.490 e. The molecular weight excluding hydrogens is 505 g/mol. The number of hydrogen-bond acceptors (Lipinski definition) is 5. The number of halogens is 3. The van der Waals surface area contributed by atoms with Crippen molar-refractivity contribution in [3.05, 3.63) is 60.9 Å². The molecule has 0 unspecified atom stereocenters. The van der Waals surface area contributed by atoms with Crippen LogP contribution in [-0.4, -0.2) is 16.8 Å². The van der Waals surface area contributed by atoms with Crippen LogP contribution in [0.15, 0.2) is 39.7 Å². The molecule has 1 aliphatic rings. The highest BCUT2D eigenvalue weighted by Gasteiger charge is 2.22. The maximum atomic E-state index is 11.9. The molecule has 1 fully saturated rings. The van der Waals surface area contributed by atoms with Gasteiger partial charge in [0.25, 0.3) is 5.91 Å². The molecule has 0 saturated carbocycles.